The Bertz CT molecular complexity index is 633. The van der Waals surface area contributed by atoms with Crippen LogP contribution in [-0.2, 0) is 12.8 Å². The molecule has 0 aliphatic carbocycles. The van der Waals surface area contributed by atoms with Crippen molar-refractivity contribution in [2.24, 2.45) is 0 Å². The summed E-state index contributed by atoms with van der Waals surface area (Å²) in [5.41, 5.74) is 6.80. The highest BCUT2D eigenvalue weighted by atomic mass is 16.5. The summed E-state index contributed by atoms with van der Waals surface area (Å²) >= 11 is 0. The average Bonchev–Trinajstić information content (AvgIpc) is 2.95. The highest BCUT2D eigenvalue weighted by Gasteiger charge is 2.20. The van der Waals surface area contributed by atoms with E-state index in [-0.39, 0.29) is 0 Å². The summed E-state index contributed by atoms with van der Waals surface area (Å²) in [5.74, 6) is 1.06. The van der Waals surface area contributed by atoms with Crippen LogP contribution in [0, 0.1) is 0 Å². The topological polar surface area (TPSA) is 21.3 Å². The number of anilines is 1. The maximum absolute atomic E-state index is 5.68. The van der Waals surface area contributed by atoms with Gasteiger partial charge in [-0.1, -0.05) is 30.3 Å². The second-order valence-corrected chi connectivity index (χ2v) is 5.25. The maximum Gasteiger partial charge on any atom is 0.123 e. The molecule has 0 fully saturated rings. The third kappa shape index (κ3) is 1.71. The quantitative estimate of drug-likeness (QED) is 0.835. The van der Waals surface area contributed by atoms with Crippen molar-refractivity contribution >= 4 is 5.69 Å². The highest BCUT2D eigenvalue weighted by Crippen LogP contribution is 2.40. The third-order valence-electron chi connectivity index (χ3n) is 4.11. The molecule has 2 nitrogen and oxygen atoms in total. The van der Waals surface area contributed by atoms with Gasteiger partial charge in [0.1, 0.15) is 5.75 Å². The molecule has 0 saturated carbocycles. The number of fused-ring (bicyclic) bond motifs is 2. The van der Waals surface area contributed by atoms with Crippen LogP contribution in [0.3, 0.4) is 0 Å². The van der Waals surface area contributed by atoms with Gasteiger partial charge in [0.2, 0.25) is 0 Å². The van der Waals surface area contributed by atoms with Crippen LogP contribution in [0.2, 0.25) is 0 Å². The van der Waals surface area contributed by atoms with E-state index in [0.29, 0.717) is 0 Å². The molecule has 0 unspecified atom stereocenters. The first kappa shape index (κ1) is 10.9. The molecule has 0 bridgehead atoms. The molecule has 2 aromatic rings. The summed E-state index contributed by atoms with van der Waals surface area (Å²) in [6.07, 6.45) is 3.43. The Labute approximate surface area is 113 Å². The van der Waals surface area contributed by atoms with Gasteiger partial charge in [0.15, 0.2) is 0 Å². The van der Waals surface area contributed by atoms with Crippen molar-refractivity contribution in [1.82, 2.24) is 0 Å². The molecule has 2 aliphatic heterocycles. The van der Waals surface area contributed by atoms with Gasteiger partial charge in [-0.05, 0) is 30.0 Å². The molecule has 2 aliphatic rings. The average molecular weight is 251 g/mol. The van der Waals surface area contributed by atoms with Gasteiger partial charge < -0.3 is 10.1 Å². The Hall–Kier alpha value is -1.96. The predicted octanol–water partition coefficient (Wildman–Crippen LogP) is 3.65. The second-order valence-electron chi connectivity index (χ2n) is 5.25. The minimum absolute atomic E-state index is 0.814. The number of hydrogen-bond acceptors (Lipinski definition) is 2. The number of rotatable bonds is 1. The van der Waals surface area contributed by atoms with Crippen molar-refractivity contribution in [3.05, 3.63) is 47.5 Å². The lowest BCUT2D eigenvalue weighted by Crippen LogP contribution is -2.12. The minimum atomic E-state index is 0.814. The molecule has 0 radical (unpaired) electrons. The van der Waals surface area contributed by atoms with E-state index < -0.39 is 0 Å². The fourth-order valence-electron chi connectivity index (χ4n) is 3.21. The van der Waals surface area contributed by atoms with Gasteiger partial charge in [-0.3, -0.25) is 0 Å². The first-order valence-electron chi connectivity index (χ1n) is 7.04. The van der Waals surface area contributed by atoms with E-state index in [2.05, 4.69) is 41.7 Å². The standard InChI is InChI=1S/C17H17NO/c1-4-12-5-3-10-18-17(12)15(7-1)13-6-2-8-16-14(13)9-11-19-16/h1-2,4,6-8,18H,3,5,9-11H2. The summed E-state index contributed by atoms with van der Waals surface area (Å²) in [6, 6.07) is 13.0. The number of nitrogens with one attached hydrogen (secondary N) is 1. The van der Waals surface area contributed by atoms with Gasteiger partial charge in [-0.15, -0.1) is 0 Å². The van der Waals surface area contributed by atoms with Crippen LogP contribution in [0.25, 0.3) is 11.1 Å². The van der Waals surface area contributed by atoms with Gasteiger partial charge >= 0.3 is 0 Å². The van der Waals surface area contributed by atoms with Gasteiger partial charge in [0, 0.05) is 29.8 Å². The van der Waals surface area contributed by atoms with Gasteiger partial charge in [0.05, 0.1) is 6.61 Å². The van der Waals surface area contributed by atoms with Crippen LogP contribution in [-0.4, -0.2) is 13.2 Å². The second kappa shape index (κ2) is 4.30. The summed E-state index contributed by atoms with van der Waals surface area (Å²) < 4.78 is 5.68. The molecule has 4 rings (SSSR count). The summed E-state index contributed by atoms with van der Waals surface area (Å²) in [7, 11) is 0. The van der Waals surface area contributed by atoms with Crippen molar-refractivity contribution in [3.8, 4) is 16.9 Å². The predicted molar refractivity (Wildman–Crippen MR) is 77.9 cm³/mol. The van der Waals surface area contributed by atoms with E-state index in [1.165, 1.54) is 40.8 Å². The van der Waals surface area contributed by atoms with E-state index in [1.807, 2.05) is 0 Å². The molecule has 2 aromatic carbocycles. The maximum atomic E-state index is 5.68. The molecule has 0 spiro atoms. The molecule has 0 aromatic heterocycles. The lowest BCUT2D eigenvalue weighted by Gasteiger charge is -2.22. The zero-order chi connectivity index (χ0) is 12.7. The van der Waals surface area contributed by atoms with Crippen molar-refractivity contribution in [3.63, 3.8) is 0 Å². The largest absolute Gasteiger partial charge is 0.493 e. The highest BCUT2D eigenvalue weighted by molar-refractivity contribution is 5.84. The molecule has 0 amide bonds. The first-order chi connectivity index (χ1) is 9.43. The summed E-state index contributed by atoms with van der Waals surface area (Å²) in [5, 5.41) is 3.58. The molecule has 1 N–H and O–H groups in total. The van der Waals surface area contributed by atoms with Crippen LogP contribution in [0.4, 0.5) is 5.69 Å². The lowest BCUT2D eigenvalue weighted by molar-refractivity contribution is 0.357. The lowest BCUT2D eigenvalue weighted by atomic mass is 9.92. The molecular weight excluding hydrogens is 234 g/mol. The molecule has 96 valence electrons. The Morgan fingerprint density at radius 1 is 0.947 bits per heavy atom. The minimum Gasteiger partial charge on any atom is -0.493 e. The molecular formula is C17H17NO. The van der Waals surface area contributed by atoms with Gasteiger partial charge in [-0.25, -0.2) is 0 Å². The van der Waals surface area contributed by atoms with Crippen LogP contribution >= 0.6 is 0 Å². The Balaban J connectivity index is 1.92. The third-order valence-corrected chi connectivity index (χ3v) is 4.11. The van der Waals surface area contributed by atoms with E-state index >= 15 is 0 Å². The number of para-hydroxylation sites is 1. The SMILES string of the molecule is c1cc2c(c(-c3cccc4c3NCCC4)c1)CCO2. The van der Waals surface area contributed by atoms with Gasteiger partial charge in [-0.2, -0.15) is 0 Å². The Morgan fingerprint density at radius 2 is 1.84 bits per heavy atom. The van der Waals surface area contributed by atoms with Crippen molar-refractivity contribution in [2.75, 3.05) is 18.5 Å². The zero-order valence-corrected chi connectivity index (χ0v) is 10.9. The van der Waals surface area contributed by atoms with E-state index in [0.717, 1.165) is 25.3 Å². The summed E-state index contributed by atoms with van der Waals surface area (Å²) in [4.78, 5) is 0. The number of ether oxygens (including phenoxy) is 1. The van der Waals surface area contributed by atoms with E-state index in [9.17, 15) is 0 Å². The molecule has 2 heterocycles. The van der Waals surface area contributed by atoms with Crippen molar-refractivity contribution in [2.45, 2.75) is 19.3 Å². The number of benzene rings is 2. The smallest absolute Gasteiger partial charge is 0.123 e. The van der Waals surface area contributed by atoms with Crippen molar-refractivity contribution in [1.29, 1.82) is 0 Å². The zero-order valence-electron chi connectivity index (χ0n) is 10.9. The fraction of sp³-hybridized carbons (Fsp3) is 0.294. The Kier molecular flexibility index (Phi) is 2.47. The first-order valence-corrected chi connectivity index (χ1v) is 7.04. The fourth-order valence-corrected chi connectivity index (χ4v) is 3.21. The Morgan fingerprint density at radius 3 is 2.84 bits per heavy atom. The number of aryl methyl sites for hydroxylation is 1. The number of hydrogen-bond donors (Lipinski definition) is 1. The monoisotopic (exact) mass is 251 g/mol. The van der Waals surface area contributed by atoms with Gasteiger partial charge in [0.25, 0.3) is 0 Å². The van der Waals surface area contributed by atoms with Crippen LogP contribution in [0.15, 0.2) is 36.4 Å². The van der Waals surface area contributed by atoms with Crippen LogP contribution in [0.5, 0.6) is 5.75 Å². The van der Waals surface area contributed by atoms with Crippen LogP contribution in [0.1, 0.15) is 17.5 Å². The van der Waals surface area contributed by atoms with Crippen molar-refractivity contribution < 1.29 is 4.74 Å². The molecule has 19 heavy (non-hydrogen) atoms. The normalized spacial score (nSPS) is 16.2. The van der Waals surface area contributed by atoms with E-state index in [1.54, 1.807) is 0 Å². The molecule has 0 saturated heterocycles. The van der Waals surface area contributed by atoms with E-state index in [4.69, 9.17) is 4.74 Å². The molecule has 0 atom stereocenters. The molecule has 2 heteroatoms. The summed E-state index contributed by atoms with van der Waals surface area (Å²) in [6.45, 7) is 1.89. The van der Waals surface area contributed by atoms with Crippen LogP contribution < -0.4 is 10.1 Å².